The van der Waals surface area contributed by atoms with Gasteiger partial charge in [-0.1, -0.05) is 24.3 Å². The van der Waals surface area contributed by atoms with Crippen LogP contribution in [0, 0.1) is 5.82 Å². The van der Waals surface area contributed by atoms with E-state index in [1.165, 1.54) is 31.4 Å². The van der Waals surface area contributed by atoms with Gasteiger partial charge < -0.3 is 24.4 Å². The summed E-state index contributed by atoms with van der Waals surface area (Å²) >= 11 is 0. The number of alkyl halides is 3. The minimum Gasteiger partial charge on any atom is -0.383 e. The molecule has 0 radical (unpaired) electrons. The molecule has 0 bridgehead atoms. The third kappa shape index (κ3) is 5.93. The maximum Gasteiger partial charge on any atom is 0.418 e. The molecule has 0 aliphatic carbocycles. The average molecular weight is 519 g/mol. The van der Waals surface area contributed by atoms with E-state index < -0.39 is 41.2 Å². The first-order valence-corrected chi connectivity index (χ1v) is 11.6. The number of halogens is 4. The fourth-order valence-corrected chi connectivity index (χ4v) is 4.39. The number of aromatic nitrogens is 1. The molecule has 1 aliphatic rings. The Labute approximate surface area is 211 Å². The van der Waals surface area contributed by atoms with Crippen molar-refractivity contribution in [3.63, 3.8) is 0 Å². The molecule has 0 saturated heterocycles. The lowest BCUT2D eigenvalue weighted by Gasteiger charge is -2.38. The Morgan fingerprint density at radius 1 is 1.05 bits per heavy atom. The number of rotatable bonds is 7. The molecule has 0 saturated carbocycles. The average Bonchev–Trinajstić information content (AvgIpc) is 3.35. The van der Waals surface area contributed by atoms with Gasteiger partial charge in [-0.2, -0.15) is 13.2 Å². The fourth-order valence-electron chi connectivity index (χ4n) is 4.39. The highest BCUT2D eigenvalue weighted by molar-refractivity contribution is 5.93. The van der Waals surface area contributed by atoms with Gasteiger partial charge in [-0.15, -0.1) is 0 Å². The Hall–Kier alpha value is -3.86. The lowest BCUT2D eigenvalue weighted by atomic mass is 9.99. The van der Waals surface area contributed by atoms with Crippen LogP contribution in [-0.2, 0) is 22.3 Å². The van der Waals surface area contributed by atoms with E-state index in [1.54, 1.807) is 17.0 Å². The van der Waals surface area contributed by atoms with Gasteiger partial charge >= 0.3 is 12.2 Å². The van der Waals surface area contributed by atoms with Gasteiger partial charge in [0.25, 0.3) is 0 Å². The van der Waals surface area contributed by atoms with Crippen LogP contribution in [0.5, 0.6) is 0 Å². The predicted octanol–water partition coefficient (Wildman–Crippen LogP) is 4.76. The van der Waals surface area contributed by atoms with Crippen molar-refractivity contribution in [2.24, 2.45) is 0 Å². The molecule has 3 amide bonds. The van der Waals surface area contributed by atoms with Crippen molar-refractivity contribution in [3.8, 4) is 0 Å². The van der Waals surface area contributed by atoms with Crippen LogP contribution in [0.2, 0.25) is 0 Å². The van der Waals surface area contributed by atoms with Gasteiger partial charge in [-0.05, 0) is 42.0 Å². The maximum absolute atomic E-state index is 13.6. The summed E-state index contributed by atoms with van der Waals surface area (Å²) in [6, 6.07) is 12.8. The molecule has 4 rings (SSSR count). The van der Waals surface area contributed by atoms with E-state index in [-0.39, 0.29) is 19.7 Å². The summed E-state index contributed by atoms with van der Waals surface area (Å²) in [5, 5.41) is 2.29. The zero-order valence-corrected chi connectivity index (χ0v) is 20.0. The molecule has 3 aromatic rings. The molecule has 1 atom stereocenters. The first-order valence-electron chi connectivity index (χ1n) is 11.6. The van der Waals surface area contributed by atoms with Crippen molar-refractivity contribution >= 4 is 17.6 Å². The van der Waals surface area contributed by atoms with E-state index in [0.29, 0.717) is 18.7 Å². The summed E-state index contributed by atoms with van der Waals surface area (Å²) in [4.78, 5) is 29.3. The van der Waals surface area contributed by atoms with Gasteiger partial charge in [0.2, 0.25) is 5.91 Å². The highest BCUT2D eigenvalue weighted by Gasteiger charge is 2.35. The zero-order chi connectivity index (χ0) is 26.6. The van der Waals surface area contributed by atoms with Crippen LogP contribution in [0.4, 0.5) is 28.0 Å². The number of anilines is 1. The summed E-state index contributed by atoms with van der Waals surface area (Å²) in [7, 11) is 1.42. The van der Waals surface area contributed by atoms with Crippen LogP contribution in [0.25, 0.3) is 0 Å². The SMILES string of the molecule is COCCN(CC(=O)N1CCn2cccc2C1c1ccc(F)cc1)C(=O)Nc1ccccc1C(F)(F)F. The van der Waals surface area contributed by atoms with E-state index in [2.05, 4.69) is 5.32 Å². The molecule has 2 heterocycles. The Morgan fingerprint density at radius 3 is 2.49 bits per heavy atom. The van der Waals surface area contributed by atoms with Gasteiger partial charge in [0.1, 0.15) is 12.4 Å². The molecule has 1 N–H and O–H groups in total. The molecule has 1 aliphatic heterocycles. The quantitative estimate of drug-likeness (QED) is 0.459. The number of amides is 3. The number of nitrogens with one attached hydrogen (secondary N) is 1. The molecule has 196 valence electrons. The van der Waals surface area contributed by atoms with Gasteiger partial charge in [-0.3, -0.25) is 4.79 Å². The van der Waals surface area contributed by atoms with E-state index >= 15 is 0 Å². The summed E-state index contributed by atoms with van der Waals surface area (Å²) in [6.45, 7) is 0.523. The molecular weight excluding hydrogens is 492 g/mol. The monoisotopic (exact) mass is 518 g/mol. The number of carbonyl (C=O) groups excluding carboxylic acids is 2. The van der Waals surface area contributed by atoms with Crippen molar-refractivity contribution in [1.82, 2.24) is 14.4 Å². The van der Waals surface area contributed by atoms with Crippen LogP contribution in [0.15, 0.2) is 66.9 Å². The second kappa shape index (κ2) is 11.0. The van der Waals surface area contributed by atoms with Crippen molar-refractivity contribution in [2.75, 3.05) is 38.7 Å². The molecule has 0 spiro atoms. The second-order valence-electron chi connectivity index (χ2n) is 8.56. The number of nitrogens with zero attached hydrogens (tertiary/aromatic N) is 3. The topological polar surface area (TPSA) is 66.8 Å². The normalized spacial score (nSPS) is 15.3. The zero-order valence-electron chi connectivity index (χ0n) is 20.0. The molecule has 1 unspecified atom stereocenters. The largest absolute Gasteiger partial charge is 0.418 e. The van der Waals surface area contributed by atoms with E-state index in [1.807, 2.05) is 22.9 Å². The first kappa shape index (κ1) is 26.2. The van der Waals surface area contributed by atoms with Crippen LogP contribution in [0.1, 0.15) is 22.9 Å². The number of urea groups is 1. The van der Waals surface area contributed by atoms with E-state index in [0.717, 1.165) is 22.7 Å². The van der Waals surface area contributed by atoms with Crippen molar-refractivity contribution in [1.29, 1.82) is 0 Å². The highest BCUT2D eigenvalue weighted by atomic mass is 19.4. The third-order valence-electron chi connectivity index (χ3n) is 6.20. The Kier molecular flexibility index (Phi) is 7.82. The Bertz CT molecular complexity index is 1240. The van der Waals surface area contributed by atoms with Crippen LogP contribution >= 0.6 is 0 Å². The van der Waals surface area contributed by atoms with E-state index in [4.69, 9.17) is 4.74 Å². The summed E-state index contributed by atoms with van der Waals surface area (Å²) < 4.78 is 60.9. The van der Waals surface area contributed by atoms with Gasteiger partial charge in [0.15, 0.2) is 0 Å². The number of para-hydroxylation sites is 1. The summed E-state index contributed by atoms with van der Waals surface area (Å²) in [5.41, 5.74) is 0.129. The van der Waals surface area contributed by atoms with Crippen LogP contribution in [-0.4, -0.2) is 59.7 Å². The first-order chi connectivity index (χ1) is 17.7. The number of ether oxygens (including phenoxy) is 1. The number of hydrogen-bond donors (Lipinski definition) is 1. The molecule has 11 heteroatoms. The van der Waals surface area contributed by atoms with Gasteiger partial charge in [0.05, 0.1) is 23.9 Å². The lowest BCUT2D eigenvalue weighted by Crippen LogP contribution is -2.49. The van der Waals surface area contributed by atoms with Crippen LogP contribution < -0.4 is 5.32 Å². The van der Waals surface area contributed by atoms with E-state index in [9.17, 15) is 27.2 Å². The molecule has 1 aromatic heterocycles. The minimum atomic E-state index is -4.66. The lowest BCUT2D eigenvalue weighted by molar-refractivity contribution is -0.137. The number of hydrogen-bond acceptors (Lipinski definition) is 3. The molecule has 2 aromatic carbocycles. The van der Waals surface area contributed by atoms with Crippen molar-refractivity contribution in [2.45, 2.75) is 18.8 Å². The third-order valence-corrected chi connectivity index (χ3v) is 6.20. The summed E-state index contributed by atoms with van der Waals surface area (Å²) in [5.74, 6) is -0.813. The second-order valence-corrected chi connectivity index (χ2v) is 8.56. The Morgan fingerprint density at radius 2 is 1.78 bits per heavy atom. The Balaban J connectivity index is 1.57. The molecule has 7 nitrogen and oxygen atoms in total. The van der Waals surface area contributed by atoms with Crippen molar-refractivity contribution in [3.05, 3.63) is 89.5 Å². The minimum absolute atomic E-state index is 0.0201. The molecule has 37 heavy (non-hydrogen) atoms. The molecule has 0 fully saturated rings. The van der Waals surface area contributed by atoms with Crippen molar-refractivity contribution < 1.29 is 31.9 Å². The standard InChI is InChI=1S/C26H26F4N4O3/c1-37-16-15-33(25(36)31-21-6-3-2-5-20(21)26(28,29)30)17-23(35)34-14-13-32-12-4-7-22(32)24(34)18-8-10-19(27)11-9-18/h2-12,24H,13-17H2,1H3,(H,31,36). The number of methoxy groups -OCH3 is 1. The fraction of sp³-hybridized carbons (Fsp3) is 0.308. The number of benzene rings is 2. The summed E-state index contributed by atoms with van der Waals surface area (Å²) in [6.07, 6.45) is -2.77. The number of carbonyl (C=O) groups is 2. The predicted molar refractivity (Wildman–Crippen MR) is 128 cm³/mol. The highest BCUT2D eigenvalue weighted by Crippen LogP contribution is 2.35. The smallest absolute Gasteiger partial charge is 0.383 e. The molecular formula is C26H26F4N4O3. The van der Waals surface area contributed by atoms with Crippen LogP contribution in [0.3, 0.4) is 0 Å². The van der Waals surface area contributed by atoms with Gasteiger partial charge in [0, 0.05) is 38.6 Å². The van der Waals surface area contributed by atoms with Gasteiger partial charge in [-0.25, -0.2) is 9.18 Å². The maximum atomic E-state index is 13.6. The number of fused-ring (bicyclic) bond motifs is 1.